The van der Waals surface area contributed by atoms with Crippen molar-refractivity contribution in [3.8, 4) is 0 Å². The fraction of sp³-hybridized carbons (Fsp3) is 0.944. The van der Waals surface area contributed by atoms with Gasteiger partial charge in [0.15, 0.2) is 0 Å². The molecule has 1 fully saturated rings. The maximum atomic E-state index is 12.3. The van der Waals surface area contributed by atoms with Crippen molar-refractivity contribution >= 4 is 5.91 Å². The number of amides is 1. The first kappa shape index (κ1) is 19.4. The van der Waals surface area contributed by atoms with Crippen molar-refractivity contribution in [2.24, 2.45) is 17.1 Å². The van der Waals surface area contributed by atoms with Gasteiger partial charge < -0.3 is 16.2 Å². The molecule has 0 heterocycles. The zero-order chi connectivity index (χ0) is 17.0. The first-order chi connectivity index (χ1) is 10.0. The number of carbonyl (C=O) groups is 1. The summed E-state index contributed by atoms with van der Waals surface area (Å²) in [5.74, 6) is 0.228. The van der Waals surface area contributed by atoms with Gasteiger partial charge in [-0.25, -0.2) is 0 Å². The molecule has 0 aromatic carbocycles. The highest BCUT2D eigenvalue weighted by atomic mass is 16.3. The topological polar surface area (TPSA) is 75.3 Å². The van der Waals surface area contributed by atoms with E-state index in [1.807, 2.05) is 13.8 Å². The number of rotatable bonds is 6. The molecule has 0 spiro atoms. The second kappa shape index (κ2) is 7.78. The molecule has 0 saturated heterocycles. The van der Waals surface area contributed by atoms with Crippen LogP contribution in [0.1, 0.15) is 79.6 Å². The summed E-state index contributed by atoms with van der Waals surface area (Å²) in [5.41, 5.74) is 5.85. The van der Waals surface area contributed by atoms with Crippen LogP contribution in [0.5, 0.6) is 0 Å². The minimum atomic E-state index is -1.11. The van der Waals surface area contributed by atoms with Crippen LogP contribution in [-0.2, 0) is 4.79 Å². The number of carbonyl (C=O) groups excluding carboxylic acids is 1. The highest BCUT2D eigenvalue weighted by Gasteiger charge is 2.32. The Morgan fingerprint density at radius 1 is 1.18 bits per heavy atom. The standard InChI is InChI=1S/C18H36N2O2/c1-17(2,3)12-18(4,5)20-16(22)15(21)14(19)11-13-9-7-6-8-10-13/h13-15,21H,6-12,19H2,1-5H3,(H,20,22). The highest BCUT2D eigenvalue weighted by molar-refractivity contribution is 5.81. The molecule has 130 valence electrons. The van der Waals surface area contributed by atoms with Crippen molar-refractivity contribution in [2.45, 2.75) is 97.2 Å². The molecule has 0 radical (unpaired) electrons. The predicted octanol–water partition coefficient (Wildman–Crippen LogP) is 2.98. The minimum absolute atomic E-state index is 0.117. The van der Waals surface area contributed by atoms with Gasteiger partial charge in [0, 0.05) is 11.6 Å². The van der Waals surface area contributed by atoms with Crippen molar-refractivity contribution in [3.63, 3.8) is 0 Å². The van der Waals surface area contributed by atoms with Crippen molar-refractivity contribution in [2.75, 3.05) is 0 Å². The van der Waals surface area contributed by atoms with Crippen molar-refractivity contribution < 1.29 is 9.90 Å². The third-order valence-electron chi connectivity index (χ3n) is 4.44. The van der Waals surface area contributed by atoms with Crippen LogP contribution in [0.2, 0.25) is 0 Å². The molecule has 0 aromatic rings. The molecule has 0 bridgehead atoms. The summed E-state index contributed by atoms with van der Waals surface area (Å²) >= 11 is 0. The molecule has 1 saturated carbocycles. The van der Waals surface area contributed by atoms with E-state index in [0.717, 1.165) is 12.8 Å². The van der Waals surface area contributed by atoms with Gasteiger partial charge in [-0.3, -0.25) is 4.79 Å². The average Bonchev–Trinajstić information content (AvgIpc) is 2.35. The van der Waals surface area contributed by atoms with Crippen LogP contribution in [0.15, 0.2) is 0 Å². The molecule has 1 rings (SSSR count). The zero-order valence-corrected chi connectivity index (χ0v) is 15.1. The first-order valence-electron chi connectivity index (χ1n) is 8.76. The molecule has 0 aromatic heterocycles. The monoisotopic (exact) mass is 312 g/mol. The maximum Gasteiger partial charge on any atom is 0.250 e. The Bertz CT molecular complexity index is 355. The Morgan fingerprint density at radius 3 is 2.23 bits per heavy atom. The van der Waals surface area contributed by atoms with E-state index in [1.54, 1.807) is 0 Å². The lowest BCUT2D eigenvalue weighted by molar-refractivity contribution is -0.132. The van der Waals surface area contributed by atoms with E-state index in [1.165, 1.54) is 32.1 Å². The number of aliphatic hydroxyl groups is 1. The molecular weight excluding hydrogens is 276 g/mol. The Balaban J connectivity index is 2.49. The van der Waals surface area contributed by atoms with Crippen molar-refractivity contribution in [1.82, 2.24) is 5.32 Å². The van der Waals surface area contributed by atoms with Gasteiger partial charge in [-0.05, 0) is 38.0 Å². The van der Waals surface area contributed by atoms with Gasteiger partial charge in [0.1, 0.15) is 6.10 Å². The fourth-order valence-electron chi connectivity index (χ4n) is 3.91. The lowest BCUT2D eigenvalue weighted by Crippen LogP contribution is -2.54. The molecule has 1 aliphatic rings. The Morgan fingerprint density at radius 2 is 1.73 bits per heavy atom. The van der Waals surface area contributed by atoms with Crippen LogP contribution in [0.3, 0.4) is 0 Å². The summed E-state index contributed by atoms with van der Waals surface area (Å²) < 4.78 is 0. The van der Waals surface area contributed by atoms with E-state index in [9.17, 15) is 9.90 Å². The second-order valence-electron chi connectivity index (χ2n) is 8.96. The van der Waals surface area contributed by atoms with E-state index in [0.29, 0.717) is 5.92 Å². The summed E-state index contributed by atoms with van der Waals surface area (Å²) in [6, 6.07) is -0.464. The predicted molar refractivity (Wildman–Crippen MR) is 91.5 cm³/mol. The number of nitrogens with two attached hydrogens (primary N) is 1. The summed E-state index contributed by atoms with van der Waals surface area (Å²) in [6.45, 7) is 10.4. The van der Waals surface area contributed by atoms with Gasteiger partial charge in [0.25, 0.3) is 5.91 Å². The van der Waals surface area contributed by atoms with Crippen LogP contribution in [0, 0.1) is 11.3 Å². The van der Waals surface area contributed by atoms with Gasteiger partial charge in [-0.1, -0.05) is 52.9 Å². The maximum absolute atomic E-state index is 12.3. The molecule has 4 nitrogen and oxygen atoms in total. The number of hydrogen-bond acceptors (Lipinski definition) is 3. The molecule has 4 N–H and O–H groups in total. The van der Waals surface area contributed by atoms with Gasteiger partial charge >= 0.3 is 0 Å². The summed E-state index contributed by atoms with van der Waals surface area (Å²) in [5, 5.41) is 13.2. The van der Waals surface area contributed by atoms with Crippen molar-refractivity contribution in [3.05, 3.63) is 0 Å². The number of nitrogens with one attached hydrogen (secondary N) is 1. The molecule has 22 heavy (non-hydrogen) atoms. The largest absolute Gasteiger partial charge is 0.382 e. The Hall–Kier alpha value is -0.610. The molecular formula is C18H36N2O2. The van der Waals surface area contributed by atoms with Crippen LogP contribution in [-0.4, -0.2) is 28.7 Å². The fourth-order valence-corrected chi connectivity index (χ4v) is 3.91. The van der Waals surface area contributed by atoms with E-state index < -0.39 is 12.1 Å². The van der Waals surface area contributed by atoms with Gasteiger partial charge in [-0.2, -0.15) is 0 Å². The third-order valence-corrected chi connectivity index (χ3v) is 4.44. The van der Waals surface area contributed by atoms with Gasteiger partial charge in [-0.15, -0.1) is 0 Å². The van der Waals surface area contributed by atoms with E-state index in [2.05, 4.69) is 26.1 Å². The van der Waals surface area contributed by atoms with E-state index in [4.69, 9.17) is 5.73 Å². The lowest BCUT2D eigenvalue weighted by atomic mass is 9.81. The Kier molecular flexibility index (Phi) is 6.87. The quantitative estimate of drug-likeness (QED) is 0.706. The van der Waals surface area contributed by atoms with E-state index in [-0.39, 0.29) is 16.9 Å². The van der Waals surface area contributed by atoms with Crippen molar-refractivity contribution in [1.29, 1.82) is 0 Å². The lowest BCUT2D eigenvalue weighted by Gasteiger charge is -2.35. The molecule has 2 unspecified atom stereocenters. The van der Waals surface area contributed by atoms with Gasteiger partial charge in [0.2, 0.25) is 0 Å². The third kappa shape index (κ3) is 7.10. The molecule has 1 amide bonds. The van der Waals surface area contributed by atoms with Crippen LogP contribution < -0.4 is 11.1 Å². The smallest absolute Gasteiger partial charge is 0.250 e. The van der Waals surface area contributed by atoms with E-state index >= 15 is 0 Å². The SMILES string of the molecule is CC(C)(C)CC(C)(C)NC(=O)C(O)C(N)CC1CCCCC1. The summed E-state index contributed by atoms with van der Waals surface area (Å²) in [7, 11) is 0. The van der Waals surface area contributed by atoms with Gasteiger partial charge in [0.05, 0.1) is 0 Å². The first-order valence-corrected chi connectivity index (χ1v) is 8.76. The highest BCUT2D eigenvalue weighted by Crippen LogP contribution is 2.28. The summed E-state index contributed by atoms with van der Waals surface area (Å²) in [6.07, 6.45) is 6.63. The second-order valence-corrected chi connectivity index (χ2v) is 8.96. The molecule has 0 aliphatic heterocycles. The molecule has 4 heteroatoms. The normalized spacial score (nSPS) is 20.5. The summed E-state index contributed by atoms with van der Waals surface area (Å²) in [4.78, 5) is 12.3. The number of hydrogen-bond donors (Lipinski definition) is 3. The number of aliphatic hydroxyl groups excluding tert-OH is 1. The van der Waals surface area contributed by atoms with Crippen LogP contribution >= 0.6 is 0 Å². The minimum Gasteiger partial charge on any atom is -0.382 e. The molecule has 2 atom stereocenters. The van der Waals surface area contributed by atoms with Crippen LogP contribution in [0.25, 0.3) is 0 Å². The average molecular weight is 312 g/mol. The Labute approximate surface area is 136 Å². The zero-order valence-electron chi connectivity index (χ0n) is 15.1. The van der Waals surface area contributed by atoms with Crippen LogP contribution in [0.4, 0.5) is 0 Å². The molecule has 1 aliphatic carbocycles.